The molecule has 1 aliphatic rings. The largest absolute Gasteiger partial charge is 0.480 e. The second-order valence-corrected chi connectivity index (χ2v) is 11.3. The molecule has 0 aliphatic heterocycles. The van der Waals surface area contributed by atoms with Crippen LogP contribution in [0.3, 0.4) is 0 Å². The van der Waals surface area contributed by atoms with Crippen molar-refractivity contribution in [2.75, 3.05) is 13.2 Å². The lowest BCUT2D eigenvalue weighted by Gasteiger charge is -2.21. The van der Waals surface area contributed by atoms with E-state index >= 15 is 0 Å². The summed E-state index contributed by atoms with van der Waals surface area (Å²) in [5.41, 5.74) is 4.45. The van der Waals surface area contributed by atoms with Gasteiger partial charge in [0.25, 0.3) is 0 Å². The maximum absolute atomic E-state index is 12.7. The van der Waals surface area contributed by atoms with Crippen molar-refractivity contribution in [2.24, 2.45) is 16.3 Å². The number of amides is 1. The van der Waals surface area contributed by atoms with Crippen LogP contribution in [0.1, 0.15) is 70.4 Å². The normalized spacial score (nSPS) is 13.9. The molecule has 2 aromatic carbocycles. The van der Waals surface area contributed by atoms with E-state index < -0.39 is 23.5 Å². The maximum Gasteiger partial charge on any atom is 0.407 e. The Labute approximate surface area is 229 Å². The predicted octanol–water partition coefficient (Wildman–Crippen LogP) is 5.43. The molecule has 0 saturated heterocycles. The Balaban J connectivity index is 1.63. The first kappa shape index (κ1) is 29.7. The summed E-state index contributed by atoms with van der Waals surface area (Å²) in [4.78, 5) is 52.5. The highest BCUT2D eigenvalue weighted by molar-refractivity contribution is 6.02. The first-order chi connectivity index (χ1) is 18.5. The summed E-state index contributed by atoms with van der Waals surface area (Å²) in [5, 5.41) is 12.1. The number of Topliss-reactive ketones (excluding diaryl/α,β-unsaturated/α-hetero) is 1. The second kappa shape index (κ2) is 13.3. The highest BCUT2D eigenvalue weighted by atomic mass is 16.5. The molecule has 1 unspecified atom stereocenters. The number of alkyl carbamates (subject to hydrolysis) is 1. The molecule has 0 saturated carbocycles. The molecule has 2 aromatic rings. The Bertz CT molecular complexity index is 1190. The molecule has 0 bridgehead atoms. The van der Waals surface area contributed by atoms with E-state index in [2.05, 4.69) is 10.3 Å². The van der Waals surface area contributed by atoms with Gasteiger partial charge in [-0.15, -0.1) is 0 Å². The van der Waals surface area contributed by atoms with E-state index in [1.165, 1.54) is 0 Å². The van der Waals surface area contributed by atoms with Gasteiger partial charge in [-0.2, -0.15) is 0 Å². The van der Waals surface area contributed by atoms with Gasteiger partial charge in [-0.1, -0.05) is 76.2 Å². The minimum atomic E-state index is -1.30. The molecule has 0 fully saturated rings. The Morgan fingerprint density at radius 1 is 1.05 bits per heavy atom. The predicted molar refractivity (Wildman–Crippen MR) is 150 cm³/mol. The van der Waals surface area contributed by atoms with Crippen LogP contribution in [0.4, 0.5) is 4.79 Å². The topological polar surface area (TPSA) is 122 Å². The Morgan fingerprint density at radius 3 is 2.18 bits per heavy atom. The molecule has 8 heteroatoms. The zero-order chi connectivity index (χ0) is 28.6. The number of carbonyl (C=O) groups excluding carboxylic acids is 3. The molecule has 0 radical (unpaired) electrons. The van der Waals surface area contributed by atoms with Crippen molar-refractivity contribution in [1.82, 2.24) is 5.32 Å². The monoisotopic (exact) mass is 534 g/mol. The minimum absolute atomic E-state index is 0.0578. The Kier molecular flexibility index (Phi) is 10.2. The van der Waals surface area contributed by atoms with E-state index in [0.29, 0.717) is 12.1 Å². The Hall–Kier alpha value is -3.81. The number of benzene rings is 2. The number of carboxylic acids is 1. The van der Waals surface area contributed by atoms with Gasteiger partial charge in [0.1, 0.15) is 24.7 Å². The smallest absolute Gasteiger partial charge is 0.407 e. The van der Waals surface area contributed by atoms with Crippen molar-refractivity contribution in [3.05, 3.63) is 59.7 Å². The van der Waals surface area contributed by atoms with Crippen molar-refractivity contribution in [2.45, 2.75) is 65.3 Å². The van der Waals surface area contributed by atoms with Crippen LogP contribution in [-0.4, -0.2) is 54.1 Å². The standard InChI is InChI=1S/C31H38N2O6/c1-20(2)15-21(16-22(35)17-31(3,4)13-14-34)32-18-28(29(36)37)33-30(38)39-19-27-25-11-7-5-9-23(25)24-10-6-8-12-26(24)27/h5-12,14,20,27-28H,13,15-19H2,1-4H3,(H,33,38)(H,36,37). The van der Waals surface area contributed by atoms with Crippen LogP contribution >= 0.6 is 0 Å². The highest BCUT2D eigenvalue weighted by Gasteiger charge is 2.30. The average molecular weight is 535 g/mol. The number of aldehydes is 1. The number of rotatable bonds is 14. The van der Waals surface area contributed by atoms with Gasteiger partial charge in [-0.3, -0.25) is 9.79 Å². The third-order valence-electron chi connectivity index (χ3n) is 6.79. The first-order valence-electron chi connectivity index (χ1n) is 13.3. The number of carbonyl (C=O) groups is 4. The van der Waals surface area contributed by atoms with Gasteiger partial charge in [-0.25, -0.2) is 9.59 Å². The Morgan fingerprint density at radius 2 is 1.64 bits per heavy atom. The van der Waals surface area contributed by atoms with Crippen LogP contribution < -0.4 is 5.32 Å². The lowest BCUT2D eigenvalue weighted by molar-refractivity contribution is -0.139. The van der Waals surface area contributed by atoms with Gasteiger partial charge in [0.2, 0.25) is 0 Å². The average Bonchev–Trinajstić information content (AvgIpc) is 3.17. The first-order valence-corrected chi connectivity index (χ1v) is 13.3. The van der Waals surface area contributed by atoms with Crippen LogP contribution in [0.15, 0.2) is 53.5 Å². The number of nitrogens with zero attached hydrogens (tertiary/aromatic N) is 1. The molecule has 3 rings (SSSR count). The molecule has 2 N–H and O–H groups in total. The fraction of sp³-hybridized carbons (Fsp3) is 0.452. The van der Waals surface area contributed by atoms with E-state index in [0.717, 1.165) is 28.5 Å². The van der Waals surface area contributed by atoms with E-state index in [4.69, 9.17) is 4.74 Å². The summed E-state index contributed by atoms with van der Waals surface area (Å²) in [6.07, 6.45) is 1.08. The van der Waals surface area contributed by atoms with Gasteiger partial charge >= 0.3 is 12.1 Å². The molecule has 0 spiro atoms. The SMILES string of the molecule is CC(C)CC(CC(=O)CC(C)(C)CC=O)=NCC(NC(=O)OCC1c2ccccc2-c2ccccc21)C(=O)O. The van der Waals surface area contributed by atoms with Gasteiger partial charge in [0.05, 0.1) is 6.54 Å². The van der Waals surface area contributed by atoms with Crippen molar-refractivity contribution < 1.29 is 29.0 Å². The van der Waals surface area contributed by atoms with E-state index in [-0.39, 0.29) is 50.0 Å². The summed E-state index contributed by atoms with van der Waals surface area (Å²) in [6, 6.07) is 14.6. The van der Waals surface area contributed by atoms with Crippen LogP contribution in [-0.2, 0) is 19.1 Å². The number of ketones is 1. The number of aliphatic imine (C=N–C) groups is 1. The highest BCUT2D eigenvalue weighted by Crippen LogP contribution is 2.44. The number of aliphatic carboxylic acids is 1. The summed E-state index contributed by atoms with van der Waals surface area (Å²) >= 11 is 0. The summed E-state index contributed by atoms with van der Waals surface area (Å²) in [7, 11) is 0. The molecular formula is C31H38N2O6. The van der Waals surface area contributed by atoms with Crippen molar-refractivity contribution in [3.63, 3.8) is 0 Å². The molecule has 1 aliphatic carbocycles. The third-order valence-corrected chi connectivity index (χ3v) is 6.79. The van der Waals surface area contributed by atoms with Crippen molar-refractivity contribution in [3.8, 4) is 11.1 Å². The summed E-state index contributed by atoms with van der Waals surface area (Å²) in [5.74, 6) is -1.23. The number of hydrogen-bond acceptors (Lipinski definition) is 6. The molecule has 1 amide bonds. The summed E-state index contributed by atoms with van der Waals surface area (Å²) in [6.45, 7) is 7.54. The number of ether oxygens (including phenoxy) is 1. The van der Waals surface area contributed by atoms with Gasteiger partial charge in [0.15, 0.2) is 0 Å². The van der Waals surface area contributed by atoms with Gasteiger partial charge in [-0.05, 0) is 40.0 Å². The molecule has 39 heavy (non-hydrogen) atoms. The van der Waals surface area contributed by atoms with Crippen LogP contribution in [0.2, 0.25) is 0 Å². The molecule has 0 aromatic heterocycles. The minimum Gasteiger partial charge on any atom is -0.480 e. The summed E-state index contributed by atoms with van der Waals surface area (Å²) < 4.78 is 5.49. The molecule has 1 atom stereocenters. The fourth-order valence-corrected chi connectivity index (χ4v) is 4.97. The second-order valence-electron chi connectivity index (χ2n) is 11.3. The maximum atomic E-state index is 12.7. The van der Waals surface area contributed by atoms with Crippen LogP contribution in [0.5, 0.6) is 0 Å². The lowest BCUT2D eigenvalue weighted by Crippen LogP contribution is -2.43. The fourth-order valence-electron chi connectivity index (χ4n) is 4.97. The number of fused-ring (bicyclic) bond motifs is 3. The number of nitrogens with one attached hydrogen (secondary N) is 1. The third kappa shape index (κ3) is 8.34. The number of carboxylic acid groups (broad SMARTS) is 1. The van der Waals surface area contributed by atoms with E-state index in [9.17, 15) is 24.3 Å². The molecule has 8 nitrogen and oxygen atoms in total. The number of hydrogen-bond donors (Lipinski definition) is 2. The van der Waals surface area contributed by atoms with Crippen molar-refractivity contribution in [1.29, 1.82) is 0 Å². The molecule has 208 valence electrons. The zero-order valence-corrected chi connectivity index (χ0v) is 23.1. The molecule has 0 heterocycles. The zero-order valence-electron chi connectivity index (χ0n) is 23.1. The quantitative estimate of drug-likeness (QED) is 0.246. The van der Waals surface area contributed by atoms with Crippen LogP contribution in [0.25, 0.3) is 11.1 Å². The lowest BCUT2D eigenvalue weighted by atomic mass is 9.83. The van der Waals surface area contributed by atoms with E-state index in [1.54, 1.807) is 0 Å². The van der Waals surface area contributed by atoms with E-state index in [1.807, 2.05) is 76.2 Å². The van der Waals surface area contributed by atoms with Crippen LogP contribution in [0, 0.1) is 11.3 Å². The van der Waals surface area contributed by atoms with Crippen molar-refractivity contribution >= 4 is 29.8 Å². The molecular weight excluding hydrogens is 496 g/mol. The van der Waals surface area contributed by atoms with Gasteiger partial charge in [0, 0.05) is 30.9 Å². The van der Waals surface area contributed by atoms with Gasteiger partial charge < -0.3 is 20.0 Å².